The summed E-state index contributed by atoms with van der Waals surface area (Å²) in [5.41, 5.74) is 0. The van der Waals surface area contributed by atoms with Gasteiger partial charge in [0.2, 0.25) is 11.8 Å². The Morgan fingerprint density at radius 3 is 2.63 bits per heavy atom. The molecule has 0 N–H and O–H groups in total. The minimum atomic E-state index is 0.144. The van der Waals surface area contributed by atoms with E-state index < -0.39 is 0 Å². The average Bonchev–Trinajstić information content (AvgIpc) is 2.41. The lowest BCUT2D eigenvalue weighted by atomic mass is 10.3. The topological polar surface area (TPSA) is 56.7 Å². The third-order valence-corrected chi connectivity index (χ3v) is 3.17. The van der Waals surface area contributed by atoms with Crippen LogP contribution in [0, 0.1) is 0 Å². The number of hydrogen-bond acceptors (Lipinski definition) is 6. The maximum atomic E-state index is 5.19. The lowest BCUT2D eigenvalue weighted by Crippen LogP contribution is -2.39. The Kier molecular flexibility index (Phi) is 7.04. The van der Waals surface area contributed by atoms with Crippen molar-refractivity contribution in [2.24, 2.45) is 0 Å². The maximum absolute atomic E-state index is 5.19. The molecule has 1 rings (SSSR count). The van der Waals surface area contributed by atoms with Crippen molar-refractivity contribution in [1.82, 2.24) is 9.97 Å². The summed E-state index contributed by atoms with van der Waals surface area (Å²) in [5, 5.41) is 0. The minimum Gasteiger partial charge on any atom is -0.480 e. The Labute approximate surface area is 122 Å². The van der Waals surface area contributed by atoms with Crippen LogP contribution in [0.15, 0.2) is 10.7 Å². The van der Waals surface area contributed by atoms with Crippen LogP contribution in [0.3, 0.4) is 0 Å². The second kappa shape index (κ2) is 8.29. The van der Waals surface area contributed by atoms with Crippen molar-refractivity contribution in [3.8, 4) is 5.88 Å². The third-order valence-electron chi connectivity index (χ3n) is 2.63. The molecular formula is C12H20BrN3O3. The lowest BCUT2D eigenvalue weighted by molar-refractivity contribution is 0.170. The van der Waals surface area contributed by atoms with Crippen LogP contribution in [0.1, 0.15) is 6.92 Å². The van der Waals surface area contributed by atoms with Gasteiger partial charge in [0.05, 0.1) is 37.0 Å². The largest absolute Gasteiger partial charge is 0.480 e. The van der Waals surface area contributed by atoms with Crippen LogP contribution in [-0.4, -0.2) is 57.1 Å². The van der Waals surface area contributed by atoms with Crippen molar-refractivity contribution in [3.05, 3.63) is 10.7 Å². The first-order chi connectivity index (χ1) is 9.13. The molecule has 1 aromatic rings. The van der Waals surface area contributed by atoms with Crippen molar-refractivity contribution in [2.45, 2.75) is 13.0 Å². The molecule has 0 saturated heterocycles. The van der Waals surface area contributed by atoms with Gasteiger partial charge in [-0.2, -0.15) is 4.98 Å². The van der Waals surface area contributed by atoms with E-state index in [1.54, 1.807) is 27.5 Å². The first-order valence-corrected chi connectivity index (χ1v) is 6.74. The highest BCUT2D eigenvalue weighted by molar-refractivity contribution is 9.10. The molecule has 0 fully saturated rings. The molecule has 0 aliphatic heterocycles. The van der Waals surface area contributed by atoms with Crippen molar-refractivity contribution in [1.29, 1.82) is 0 Å². The number of aromatic nitrogens is 2. The van der Waals surface area contributed by atoms with Crippen molar-refractivity contribution in [2.75, 3.05) is 46.0 Å². The van der Waals surface area contributed by atoms with Crippen molar-refractivity contribution >= 4 is 21.9 Å². The molecule has 0 saturated carbocycles. The smallest absolute Gasteiger partial charge is 0.232 e. The van der Waals surface area contributed by atoms with Gasteiger partial charge in [-0.1, -0.05) is 0 Å². The Morgan fingerprint density at radius 2 is 2.05 bits per heavy atom. The SMILES string of the molecule is COCCN(c1ncc(Br)c(OC)n1)C(C)COC. The average molecular weight is 334 g/mol. The fourth-order valence-electron chi connectivity index (χ4n) is 1.66. The van der Waals surface area contributed by atoms with Crippen molar-refractivity contribution in [3.63, 3.8) is 0 Å². The van der Waals surface area contributed by atoms with E-state index in [-0.39, 0.29) is 6.04 Å². The number of nitrogens with zero attached hydrogens (tertiary/aromatic N) is 3. The van der Waals surface area contributed by atoms with Crippen LogP contribution in [-0.2, 0) is 9.47 Å². The van der Waals surface area contributed by atoms with Crippen LogP contribution in [0.2, 0.25) is 0 Å². The molecule has 1 aromatic heterocycles. The molecule has 1 atom stereocenters. The van der Waals surface area contributed by atoms with Gasteiger partial charge in [-0.15, -0.1) is 0 Å². The molecular weight excluding hydrogens is 314 g/mol. The van der Waals surface area contributed by atoms with Crippen LogP contribution in [0.5, 0.6) is 5.88 Å². The van der Waals surface area contributed by atoms with Gasteiger partial charge in [0, 0.05) is 20.8 Å². The molecule has 0 aliphatic rings. The third kappa shape index (κ3) is 4.59. The number of ether oxygens (including phenoxy) is 3. The predicted molar refractivity (Wildman–Crippen MR) is 76.8 cm³/mol. The van der Waals surface area contributed by atoms with Crippen LogP contribution >= 0.6 is 15.9 Å². The van der Waals surface area contributed by atoms with E-state index in [1.165, 1.54) is 0 Å². The van der Waals surface area contributed by atoms with E-state index in [9.17, 15) is 0 Å². The Morgan fingerprint density at radius 1 is 1.32 bits per heavy atom. The number of halogens is 1. The van der Waals surface area contributed by atoms with E-state index >= 15 is 0 Å². The zero-order chi connectivity index (χ0) is 14.3. The number of hydrogen-bond donors (Lipinski definition) is 0. The summed E-state index contributed by atoms with van der Waals surface area (Å²) in [4.78, 5) is 10.7. The summed E-state index contributed by atoms with van der Waals surface area (Å²) in [5.74, 6) is 1.11. The Hall–Kier alpha value is -0.920. The van der Waals surface area contributed by atoms with Gasteiger partial charge in [0.1, 0.15) is 0 Å². The molecule has 0 amide bonds. The molecule has 19 heavy (non-hydrogen) atoms. The van der Waals surface area contributed by atoms with Crippen LogP contribution in [0.4, 0.5) is 5.95 Å². The Bertz CT molecular complexity index is 392. The van der Waals surface area contributed by atoms with Gasteiger partial charge in [0.25, 0.3) is 0 Å². The van der Waals surface area contributed by atoms with E-state index in [0.29, 0.717) is 31.6 Å². The molecule has 1 unspecified atom stereocenters. The summed E-state index contributed by atoms with van der Waals surface area (Å²) < 4.78 is 16.2. The first-order valence-electron chi connectivity index (χ1n) is 5.95. The number of rotatable bonds is 8. The van der Waals surface area contributed by atoms with E-state index in [1.807, 2.05) is 4.90 Å². The van der Waals surface area contributed by atoms with Gasteiger partial charge in [-0.05, 0) is 22.9 Å². The molecule has 0 bridgehead atoms. The maximum Gasteiger partial charge on any atom is 0.232 e. The van der Waals surface area contributed by atoms with Crippen LogP contribution < -0.4 is 9.64 Å². The normalized spacial score (nSPS) is 12.3. The highest BCUT2D eigenvalue weighted by Crippen LogP contribution is 2.24. The van der Waals surface area contributed by atoms with Crippen LogP contribution in [0.25, 0.3) is 0 Å². The van der Waals surface area contributed by atoms with Gasteiger partial charge >= 0.3 is 0 Å². The molecule has 1 heterocycles. The molecule has 0 radical (unpaired) electrons. The molecule has 0 aromatic carbocycles. The lowest BCUT2D eigenvalue weighted by Gasteiger charge is -2.28. The molecule has 6 nitrogen and oxygen atoms in total. The molecule has 7 heteroatoms. The summed E-state index contributed by atoms with van der Waals surface area (Å²) >= 11 is 3.34. The fourth-order valence-corrected chi connectivity index (χ4v) is 2.02. The minimum absolute atomic E-state index is 0.144. The highest BCUT2D eigenvalue weighted by atomic mass is 79.9. The number of anilines is 1. The second-order valence-corrected chi connectivity index (χ2v) is 4.87. The highest BCUT2D eigenvalue weighted by Gasteiger charge is 2.18. The van der Waals surface area contributed by atoms with Gasteiger partial charge in [-0.25, -0.2) is 4.98 Å². The predicted octanol–water partition coefficient (Wildman–Crippen LogP) is 1.74. The van der Waals surface area contributed by atoms with Crippen molar-refractivity contribution < 1.29 is 14.2 Å². The Balaban J connectivity index is 2.95. The van der Waals surface area contributed by atoms with E-state index in [2.05, 4.69) is 32.8 Å². The summed E-state index contributed by atoms with van der Waals surface area (Å²) in [7, 11) is 4.92. The molecule has 108 valence electrons. The fraction of sp³-hybridized carbons (Fsp3) is 0.667. The molecule has 0 spiro atoms. The standard InChI is InChI=1S/C12H20BrN3O3/c1-9(8-18-3)16(5-6-17-2)12-14-7-10(13)11(15-12)19-4/h7,9H,5-6,8H2,1-4H3. The summed E-state index contributed by atoms with van der Waals surface area (Å²) in [6.07, 6.45) is 1.68. The zero-order valence-corrected chi connectivity index (χ0v) is 13.3. The van der Waals surface area contributed by atoms with Gasteiger partial charge in [-0.3, -0.25) is 0 Å². The zero-order valence-electron chi connectivity index (χ0n) is 11.7. The summed E-state index contributed by atoms with van der Waals surface area (Å²) in [6, 6.07) is 0.144. The summed E-state index contributed by atoms with van der Waals surface area (Å²) in [6.45, 7) is 3.92. The van der Waals surface area contributed by atoms with E-state index in [0.717, 1.165) is 4.47 Å². The first kappa shape index (κ1) is 16.1. The second-order valence-electron chi connectivity index (χ2n) is 4.02. The van der Waals surface area contributed by atoms with Gasteiger partial charge in [0.15, 0.2) is 0 Å². The van der Waals surface area contributed by atoms with Gasteiger partial charge < -0.3 is 19.1 Å². The number of methoxy groups -OCH3 is 3. The monoisotopic (exact) mass is 333 g/mol. The quantitative estimate of drug-likeness (QED) is 0.722. The molecule has 0 aliphatic carbocycles. The van der Waals surface area contributed by atoms with E-state index in [4.69, 9.17) is 14.2 Å².